The molecule has 1 aromatic rings. The molecule has 0 radical (unpaired) electrons. The Bertz CT molecular complexity index is 636. The maximum atomic E-state index is 13.7. The molecule has 25 heavy (non-hydrogen) atoms. The van der Waals surface area contributed by atoms with Gasteiger partial charge in [0.2, 0.25) is 0 Å². The van der Waals surface area contributed by atoms with Crippen LogP contribution in [-0.4, -0.2) is 22.5 Å². The Kier molecular flexibility index (Phi) is 4.87. The molecule has 1 saturated heterocycles. The van der Waals surface area contributed by atoms with Crippen molar-refractivity contribution in [3.63, 3.8) is 0 Å². The van der Waals surface area contributed by atoms with Crippen LogP contribution in [0.4, 0.5) is 4.79 Å². The van der Waals surface area contributed by atoms with Crippen LogP contribution in [0.15, 0.2) is 30.3 Å². The van der Waals surface area contributed by atoms with Crippen LogP contribution in [0.1, 0.15) is 64.4 Å². The largest absolute Gasteiger partial charge is 0.326 e. The predicted octanol–water partition coefficient (Wildman–Crippen LogP) is 3.49. The van der Waals surface area contributed by atoms with E-state index < -0.39 is 11.2 Å². The summed E-state index contributed by atoms with van der Waals surface area (Å²) in [4.78, 5) is 27.9. The Morgan fingerprint density at radius 2 is 1.72 bits per heavy atom. The lowest BCUT2D eigenvalue weighted by Gasteiger charge is -2.40. The minimum absolute atomic E-state index is 0.114. The van der Waals surface area contributed by atoms with Crippen molar-refractivity contribution in [2.24, 2.45) is 11.7 Å². The molecule has 1 aliphatic carbocycles. The van der Waals surface area contributed by atoms with E-state index in [1.165, 1.54) is 11.3 Å². The topological polar surface area (TPSA) is 75.4 Å². The quantitative estimate of drug-likeness (QED) is 0.804. The SMILES string of the molecule is CCC(N)(CC)N1C(=O)NC(c2ccccc2)(C2CCCCC2)C1=O. The van der Waals surface area contributed by atoms with E-state index >= 15 is 0 Å². The lowest BCUT2D eigenvalue weighted by atomic mass is 9.70. The van der Waals surface area contributed by atoms with Crippen molar-refractivity contribution in [2.75, 3.05) is 0 Å². The van der Waals surface area contributed by atoms with E-state index in [9.17, 15) is 9.59 Å². The molecule has 2 aliphatic rings. The summed E-state index contributed by atoms with van der Waals surface area (Å²) < 4.78 is 0. The van der Waals surface area contributed by atoms with Gasteiger partial charge in [-0.15, -0.1) is 0 Å². The van der Waals surface area contributed by atoms with Crippen molar-refractivity contribution in [1.29, 1.82) is 0 Å². The van der Waals surface area contributed by atoms with Crippen molar-refractivity contribution in [1.82, 2.24) is 10.2 Å². The summed E-state index contributed by atoms with van der Waals surface area (Å²) in [6.45, 7) is 3.85. The number of hydrogen-bond donors (Lipinski definition) is 2. The first-order valence-corrected chi connectivity index (χ1v) is 9.50. The van der Waals surface area contributed by atoms with Crippen LogP contribution in [0.25, 0.3) is 0 Å². The number of nitrogens with zero attached hydrogens (tertiary/aromatic N) is 1. The number of nitrogens with one attached hydrogen (secondary N) is 1. The smallest absolute Gasteiger partial charge is 0.319 e. The maximum absolute atomic E-state index is 13.7. The Labute approximate surface area is 150 Å². The van der Waals surface area contributed by atoms with E-state index in [0.29, 0.717) is 12.8 Å². The monoisotopic (exact) mass is 343 g/mol. The molecule has 1 aromatic carbocycles. The third kappa shape index (κ3) is 2.74. The highest BCUT2D eigenvalue weighted by molar-refractivity contribution is 6.08. The van der Waals surface area contributed by atoms with Crippen LogP contribution in [0.2, 0.25) is 0 Å². The first-order chi connectivity index (χ1) is 12.0. The molecule has 1 unspecified atom stereocenters. The lowest BCUT2D eigenvalue weighted by Crippen LogP contribution is -2.59. The van der Waals surface area contributed by atoms with Gasteiger partial charge in [-0.1, -0.05) is 63.4 Å². The molecule has 0 aromatic heterocycles. The van der Waals surface area contributed by atoms with Crippen LogP contribution < -0.4 is 11.1 Å². The third-order valence-electron chi connectivity index (χ3n) is 6.16. The standard InChI is InChI=1S/C20H29N3O2/c1-3-19(21,4-2)23-17(24)20(22-18(23)25,15-11-7-5-8-12-15)16-13-9-6-10-14-16/h5,7-8,11-12,16H,3-4,6,9-10,13-14,21H2,1-2H3,(H,22,25). The molecule has 1 atom stereocenters. The number of nitrogens with two attached hydrogens (primary N) is 1. The molecule has 3 amide bonds. The summed E-state index contributed by atoms with van der Waals surface area (Å²) in [7, 11) is 0. The van der Waals surface area contributed by atoms with Crippen molar-refractivity contribution in [2.45, 2.75) is 70.0 Å². The maximum Gasteiger partial charge on any atom is 0.326 e. The second-order valence-electron chi connectivity index (χ2n) is 7.39. The molecule has 1 saturated carbocycles. The molecule has 5 heteroatoms. The van der Waals surface area contributed by atoms with Crippen molar-refractivity contribution in [3.05, 3.63) is 35.9 Å². The Morgan fingerprint density at radius 3 is 2.28 bits per heavy atom. The van der Waals surface area contributed by atoms with Gasteiger partial charge in [-0.25, -0.2) is 9.69 Å². The second-order valence-corrected chi connectivity index (χ2v) is 7.39. The van der Waals surface area contributed by atoms with Crippen LogP contribution in [0.3, 0.4) is 0 Å². The summed E-state index contributed by atoms with van der Waals surface area (Å²) in [6.07, 6.45) is 6.36. The van der Waals surface area contributed by atoms with Gasteiger partial charge in [0, 0.05) is 0 Å². The molecule has 1 aliphatic heterocycles. The molecule has 0 spiro atoms. The zero-order chi connectivity index (χ0) is 18.1. The van der Waals surface area contributed by atoms with Crippen LogP contribution >= 0.6 is 0 Å². The Balaban J connectivity index is 2.10. The van der Waals surface area contributed by atoms with E-state index in [1.807, 2.05) is 44.2 Å². The Hall–Kier alpha value is -1.88. The Morgan fingerprint density at radius 1 is 1.12 bits per heavy atom. The van der Waals surface area contributed by atoms with Gasteiger partial charge in [0.1, 0.15) is 11.2 Å². The number of amides is 3. The van der Waals surface area contributed by atoms with Gasteiger partial charge >= 0.3 is 6.03 Å². The van der Waals surface area contributed by atoms with E-state index in [0.717, 1.165) is 31.2 Å². The third-order valence-corrected chi connectivity index (χ3v) is 6.16. The molecular weight excluding hydrogens is 314 g/mol. The summed E-state index contributed by atoms with van der Waals surface area (Å²) in [6, 6.07) is 9.33. The predicted molar refractivity (Wildman–Crippen MR) is 97.6 cm³/mol. The summed E-state index contributed by atoms with van der Waals surface area (Å²) in [5.74, 6) is -0.0649. The van der Waals surface area contributed by atoms with E-state index in [4.69, 9.17) is 5.73 Å². The molecule has 0 bridgehead atoms. The first-order valence-electron chi connectivity index (χ1n) is 9.50. The number of imide groups is 1. The van der Waals surface area contributed by atoms with Gasteiger partial charge in [0.05, 0.1) is 0 Å². The molecule has 1 heterocycles. The summed E-state index contributed by atoms with van der Waals surface area (Å²) >= 11 is 0. The fourth-order valence-corrected chi connectivity index (χ4v) is 4.46. The van der Waals surface area contributed by atoms with Crippen LogP contribution in [0, 0.1) is 5.92 Å². The number of benzene rings is 1. The fraction of sp³-hybridized carbons (Fsp3) is 0.600. The van der Waals surface area contributed by atoms with Gasteiger partial charge in [-0.2, -0.15) is 0 Å². The first kappa shape index (κ1) is 17.9. The minimum atomic E-state index is -0.978. The number of carbonyl (C=O) groups excluding carboxylic acids is 2. The minimum Gasteiger partial charge on any atom is -0.319 e. The van der Waals surface area contributed by atoms with Crippen molar-refractivity contribution >= 4 is 11.9 Å². The highest BCUT2D eigenvalue weighted by atomic mass is 16.2. The van der Waals surface area contributed by atoms with Crippen LogP contribution in [0.5, 0.6) is 0 Å². The normalized spacial score (nSPS) is 25.3. The number of urea groups is 1. The molecule has 5 nitrogen and oxygen atoms in total. The van der Waals surface area contributed by atoms with Crippen molar-refractivity contribution < 1.29 is 9.59 Å². The number of hydrogen-bond acceptors (Lipinski definition) is 3. The van der Waals surface area contributed by atoms with E-state index in [1.54, 1.807) is 0 Å². The molecule has 3 rings (SSSR count). The van der Waals surface area contributed by atoms with Gasteiger partial charge in [0.15, 0.2) is 0 Å². The van der Waals surface area contributed by atoms with Crippen LogP contribution in [-0.2, 0) is 10.3 Å². The fourth-order valence-electron chi connectivity index (χ4n) is 4.46. The van der Waals surface area contributed by atoms with E-state index in [2.05, 4.69) is 5.32 Å². The second kappa shape index (κ2) is 6.79. The summed E-state index contributed by atoms with van der Waals surface area (Å²) in [5.41, 5.74) is 5.41. The highest BCUT2D eigenvalue weighted by Gasteiger charge is 2.60. The molecule has 2 fully saturated rings. The van der Waals surface area contributed by atoms with Gasteiger partial charge in [0.25, 0.3) is 5.91 Å². The highest BCUT2D eigenvalue weighted by Crippen LogP contribution is 2.44. The van der Waals surface area contributed by atoms with Gasteiger partial charge in [-0.3, -0.25) is 4.79 Å². The van der Waals surface area contributed by atoms with Crippen molar-refractivity contribution in [3.8, 4) is 0 Å². The molecule has 3 N–H and O–H groups in total. The average Bonchev–Trinajstić information content (AvgIpc) is 2.94. The van der Waals surface area contributed by atoms with E-state index in [-0.39, 0.29) is 17.9 Å². The lowest BCUT2D eigenvalue weighted by molar-refractivity contribution is -0.138. The average molecular weight is 343 g/mol. The molecular formula is C20H29N3O2. The van der Waals surface area contributed by atoms with Gasteiger partial charge in [-0.05, 0) is 37.2 Å². The summed E-state index contributed by atoms with van der Waals surface area (Å²) in [5, 5.41) is 3.09. The molecule has 136 valence electrons. The number of rotatable bonds is 5. The zero-order valence-corrected chi connectivity index (χ0v) is 15.3. The van der Waals surface area contributed by atoms with Gasteiger partial charge < -0.3 is 11.1 Å². The zero-order valence-electron chi connectivity index (χ0n) is 15.3. The number of carbonyl (C=O) groups is 2.